The van der Waals surface area contributed by atoms with Gasteiger partial charge in [0.25, 0.3) is 0 Å². The van der Waals surface area contributed by atoms with Gasteiger partial charge in [-0.15, -0.1) is 0 Å². The third-order valence-corrected chi connectivity index (χ3v) is 4.08. The minimum absolute atomic E-state index is 0.150. The number of hydrogen-bond acceptors (Lipinski definition) is 3. The lowest BCUT2D eigenvalue weighted by Gasteiger charge is -2.15. The van der Waals surface area contributed by atoms with E-state index < -0.39 is 0 Å². The first-order valence-electron chi connectivity index (χ1n) is 8.08. The lowest BCUT2D eigenvalue weighted by atomic mass is 9.98. The summed E-state index contributed by atoms with van der Waals surface area (Å²) in [7, 11) is 0. The zero-order valence-electron chi connectivity index (χ0n) is 13.2. The number of nitrogens with one attached hydrogen (secondary N) is 2. The summed E-state index contributed by atoms with van der Waals surface area (Å²) in [5, 5.41) is 5.40. The van der Waals surface area contributed by atoms with Crippen LogP contribution in [-0.2, 0) is 9.59 Å². The van der Waals surface area contributed by atoms with Crippen molar-refractivity contribution in [3.63, 3.8) is 0 Å². The van der Waals surface area contributed by atoms with Gasteiger partial charge in [0.05, 0.1) is 0 Å². The average Bonchev–Trinajstić information content (AvgIpc) is 2.47. The van der Waals surface area contributed by atoms with Crippen molar-refractivity contribution in [1.29, 1.82) is 0 Å². The zero-order valence-corrected chi connectivity index (χ0v) is 13.2. The van der Waals surface area contributed by atoms with E-state index >= 15 is 0 Å². The number of ketones is 2. The first-order chi connectivity index (χ1) is 10.0. The molecule has 0 aromatic rings. The van der Waals surface area contributed by atoms with Crippen molar-refractivity contribution >= 4 is 17.6 Å². The summed E-state index contributed by atoms with van der Waals surface area (Å²) in [5.74, 6) is 0.127. The molecule has 0 spiro atoms. The highest BCUT2D eigenvalue weighted by Crippen LogP contribution is 2.12. The lowest BCUT2D eigenvalue weighted by molar-refractivity contribution is -0.122. The van der Waals surface area contributed by atoms with Crippen LogP contribution in [-0.4, -0.2) is 30.7 Å². The fourth-order valence-corrected chi connectivity index (χ4v) is 2.40. The largest absolute Gasteiger partial charge is 0.337 e. The van der Waals surface area contributed by atoms with E-state index in [-0.39, 0.29) is 29.4 Å². The van der Waals surface area contributed by atoms with Crippen LogP contribution in [0, 0.1) is 11.8 Å². The third-order valence-electron chi connectivity index (χ3n) is 4.08. The molecule has 1 rings (SSSR count). The molecule has 21 heavy (non-hydrogen) atoms. The van der Waals surface area contributed by atoms with Crippen molar-refractivity contribution in [1.82, 2.24) is 10.6 Å². The van der Waals surface area contributed by atoms with E-state index in [2.05, 4.69) is 10.6 Å². The molecule has 1 saturated heterocycles. The van der Waals surface area contributed by atoms with Crippen molar-refractivity contribution in [3.8, 4) is 0 Å². The number of urea groups is 1. The van der Waals surface area contributed by atoms with Gasteiger partial charge >= 0.3 is 6.03 Å². The maximum atomic E-state index is 11.9. The summed E-state index contributed by atoms with van der Waals surface area (Å²) in [4.78, 5) is 35.4. The summed E-state index contributed by atoms with van der Waals surface area (Å²) < 4.78 is 0. The first-order valence-corrected chi connectivity index (χ1v) is 8.08. The quantitative estimate of drug-likeness (QED) is 0.721. The van der Waals surface area contributed by atoms with Crippen LogP contribution < -0.4 is 10.6 Å². The Morgan fingerprint density at radius 2 is 1.10 bits per heavy atom. The molecule has 2 amide bonds. The number of hydrogen-bond donors (Lipinski definition) is 2. The van der Waals surface area contributed by atoms with Gasteiger partial charge in [-0.1, -0.05) is 33.1 Å². The number of carbonyl (C=O) groups excluding carboxylic acids is 3. The van der Waals surface area contributed by atoms with E-state index in [1.165, 1.54) is 0 Å². The zero-order chi connectivity index (χ0) is 15.7. The molecule has 0 bridgehead atoms. The van der Waals surface area contributed by atoms with Crippen LogP contribution >= 0.6 is 0 Å². The van der Waals surface area contributed by atoms with Crippen LogP contribution in [0.3, 0.4) is 0 Å². The number of carbonyl (C=O) groups is 3. The van der Waals surface area contributed by atoms with Crippen molar-refractivity contribution < 1.29 is 14.4 Å². The van der Waals surface area contributed by atoms with Crippen molar-refractivity contribution in [2.24, 2.45) is 11.8 Å². The van der Waals surface area contributed by atoms with Crippen molar-refractivity contribution in [2.45, 2.75) is 58.8 Å². The monoisotopic (exact) mass is 296 g/mol. The van der Waals surface area contributed by atoms with Crippen LogP contribution in [0.25, 0.3) is 0 Å². The standard InChI is InChI=1S/C16H28N2O3/c1-12-10-17-16(21)18-11-13(2)15(20)9-7-5-3-4-6-8-14(12)19/h12-13H,3-11H2,1-2H3,(H2,17,18,21). The minimum Gasteiger partial charge on any atom is -0.337 e. The van der Waals surface area contributed by atoms with Crippen LogP contribution in [0.2, 0.25) is 0 Å². The fourth-order valence-electron chi connectivity index (χ4n) is 2.40. The highest BCUT2D eigenvalue weighted by atomic mass is 16.2. The van der Waals surface area contributed by atoms with Gasteiger partial charge in [0, 0.05) is 37.8 Å². The second-order valence-electron chi connectivity index (χ2n) is 6.09. The van der Waals surface area contributed by atoms with Gasteiger partial charge in [-0.2, -0.15) is 0 Å². The molecule has 0 radical (unpaired) electrons. The van der Waals surface area contributed by atoms with Crippen molar-refractivity contribution in [3.05, 3.63) is 0 Å². The van der Waals surface area contributed by atoms with E-state index in [4.69, 9.17) is 0 Å². The molecule has 2 unspecified atom stereocenters. The lowest BCUT2D eigenvalue weighted by Crippen LogP contribution is -2.41. The number of amides is 2. The van der Waals surface area contributed by atoms with Crippen LogP contribution in [0.5, 0.6) is 0 Å². The summed E-state index contributed by atoms with van der Waals surface area (Å²) >= 11 is 0. The van der Waals surface area contributed by atoms with Crippen LogP contribution in [0.4, 0.5) is 4.79 Å². The van der Waals surface area contributed by atoms with Gasteiger partial charge in [-0.25, -0.2) is 4.79 Å². The molecule has 5 heteroatoms. The molecule has 0 saturated carbocycles. The van der Waals surface area contributed by atoms with Crippen LogP contribution in [0.15, 0.2) is 0 Å². The predicted molar refractivity (Wildman–Crippen MR) is 82.1 cm³/mol. The molecule has 5 nitrogen and oxygen atoms in total. The molecule has 1 heterocycles. The van der Waals surface area contributed by atoms with Gasteiger partial charge in [0.1, 0.15) is 11.6 Å². The van der Waals surface area contributed by atoms with Gasteiger partial charge < -0.3 is 10.6 Å². The maximum Gasteiger partial charge on any atom is 0.314 e. The van der Waals surface area contributed by atoms with Crippen LogP contribution in [0.1, 0.15) is 58.8 Å². The summed E-state index contributed by atoms with van der Waals surface area (Å²) in [5.41, 5.74) is 0. The SMILES string of the molecule is CC1CNC(=O)NCC(C)C(=O)CCCCCCCC1=O. The van der Waals surface area contributed by atoms with E-state index in [0.717, 1.165) is 32.1 Å². The second-order valence-corrected chi connectivity index (χ2v) is 6.09. The highest BCUT2D eigenvalue weighted by molar-refractivity contribution is 5.83. The predicted octanol–water partition coefficient (Wildman–Crippen LogP) is 2.44. The smallest absolute Gasteiger partial charge is 0.314 e. The summed E-state index contributed by atoms with van der Waals surface area (Å²) in [6, 6.07) is -0.304. The Kier molecular flexibility index (Phi) is 8.01. The van der Waals surface area contributed by atoms with E-state index in [1.807, 2.05) is 13.8 Å². The Balaban J connectivity index is 2.50. The number of rotatable bonds is 0. The van der Waals surface area contributed by atoms with Gasteiger partial charge in [-0.05, 0) is 12.8 Å². The van der Waals surface area contributed by atoms with Gasteiger partial charge in [0.2, 0.25) is 0 Å². The molecule has 1 fully saturated rings. The Bertz CT molecular complexity index is 337. The number of Topliss-reactive ketones (excluding diaryl/α,β-unsaturated/α-hetero) is 2. The maximum absolute atomic E-state index is 11.9. The summed E-state index contributed by atoms with van der Waals surface area (Å²) in [6.45, 7) is 4.40. The van der Waals surface area contributed by atoms with Gasteiger partial charge in [-0.3, -0.25) is 9.59 Å². The van der Waals surface area contributed by atoms with E-state index in [9.17, 15) is 14.4 Å². The molecular formula is C16H28N2O3. The highest BCUT2D eigenvalue weighted by Gasteiger charge is 2.16. The molecule has 2 atom stereocenters. The molecule has 1 aliphatic heterocycles. The molecule has 2 N–H and O–H groups in total. The Morgan fingerprint density at radius 3 is 1.52 bits per heavy atom. The Labute approximate surface area is 127 Å². The Morgan fingerprint density at radius 1 is 0.714 bits per heavy atom. The van der Waals surface area contributed by atoms with E-state index in [1.54, 1.807) is 0 Å². The third kappa shape index (κ3) is 7.25. The van der Waals surface area contributed by atoms with E-state index in [0.29, 0.717) is 25.9 Å². The van der Waals surface area contributed by atoms with Crippen molar-refractivity contribution in [2.75, 3.05) is 13.1 Å². The summed E-state index contributed by atoms with van der Waals surface area (Å²) in [6.07, 6.45) is 6.13. The first kappa shape index (κ1) is 17.7. The van der Waals surface area contributed by atoms with Gasteiger partial charge in [0.15, 0.2) is 0 Å². The molecule has 1 aliphatic rings. The average molecular weight is 296 g/mol. The fraction of sp³-hybridized carbons (Fsp3) is 0.812. The minimum atomic E-state index is -0.304. The molecule has 0 aromatic heterocycles. The second kappa shape index (κ2) is 9.53. The molecule has 0 aromatic carbocycles. The molecular weight excluding hydrogens is 268 g/mol. The normalized spacial score (nSPS) is 27.8. The Hall–Kier alpha value is -1.39. The topological polar surface area (TPSA) is 75.3 Å². The molecule has 120 valence electrons. The molecule has 0 aliphatic carbocycles.